The molecule has 0 saturated heterocycles. The monoisotopic (exact) mass is 347 g/mol. The lowest BCUT2D eigenvalue weighted by atomic mass is 10.1. The molecule has 1 N–H and O–H groups in total. The summed E-state index contributed by atoms with van der Waals surface area (Å²) in [4.78, 5) is 24.5. The van der Waals surface area contributed by atoms with E-state index in [1.165, 1.54) is 45.4 Å². The van der Waals surface area contributed by atoms with Gasteiger partial charge in [-0.05, 0) is 43.3 Å². The van der Waals surface area contributed by atoms with Crippen LogP contribution in [0.1, 0.15) is 17.3 Å². The van der Waals surface area contributed by atoms with E-state index in [2.05, 4.69) is 5.32 Å². The van der Waals surface area contributed by atoms with E-state index in [9.17, 15) is 14.0 Å². The summed E-state index contributed by atoms with van der Waals surface area (Å²) in [5.74, 6) is -1.17. The number of amides is 1. The number of hydrogen-bond donors (Lipinski definition) is 1. The summed E-state index contributed by atoms with van der Waals surface area (Å²) in [5.41, 5.74) is 0.484. The number of carbonyl (C=O) groups is 2. The summed E-state index contributed by atoms with van der Waals surface area (Å²) >= 11 is 0. The Labute approximate surface area is 144 Å². The summed E-state index contributed by atoms with van der Waals surface area (Å²) in [6.45, 7) is 1.43. The van der Waals surface area contributed by atoms with Gasteiger partial charge in [-0.3, -0.25) is 4.79 Å². The molecule has 2 aromatic carbocycles. The van der Waals surface area contributed by atoms with E-state index in [-0.39, 0.29) is 17.1 Å². The Morgan fingerprint density at radius 1 is 1.00 bits per heavy atom. The first-order valence-corrected chi connectivity index (χ1v) is 7.44. The minimum Gasteiger partial charge on any atom is -0.496 e. The van der Waals surface area contributed by atoms with E-state index in [0.717, 1.165) is 0 Å². The zero-order chi connectivity index (χ0) is 18.4. The molecule has 25 heavy (non-hydrogen) atoms. The van der Waals surface area contributed by atoms with Gasteiger partial charge in [0.1, 0.15) is 22.9 Å². The lowest BCUT2D eigenvalue weighted by Crippen LogP contribution is -2.30. The maximum atomic E-state index is 12.9. The molecule has 0 fully saturated rings. The molecule has 132 valence electrons. The number of rotatable bonds is 6. The van der Waals surface area contributed by atoms with Gasteiger partial charge < -0.3 is 19.5 Å². The van der Waals surface area contributed by atoms with Gasteiger partial charge >= 0.3 is 5.97 Å². The second-order valence-electron chi connectivity index (χ2n) is 5.08. The molecule has 0 bridgehead atoms. The number of esters is 1. The third-order valence-corrected chi connectivity index (χ3v) is 3.40. The predicted octanol–water partition coefficient (Wildman–Crippen LogP) is 3.03. The molecule has 1 amide bonds. The Morgan fingerprint density at radius 3 is 2.08 bits per heavy atom. The number of carbonyl (C=O) groups excluding carboxylic acids is 2. The number of hydrogen-bond acceptors (Lipinski definition) is 5. The van der Waals surface area contributed by atoms with Gasteiger partial charge in [-0.2, -0.15) is 0 Å². The SMILES string of the molecule is COc1cccc(OC)c1C(=O)O[C@H](C)C(=O)Nc1ccc(F)cc1. The van der Waals surface area contributed by atoms with Crippen LogP contribution < -0.4 is 14.8 Å². The molecule has 0 unspecified atom stereocenters. The van der Waals surface area contributed by atoms with Crippen molar-refractivity contribution in [2.45, 2.75) is 13.0 Å². The fourth-order valence-corrected chi connectivity index (χ4v) is 2.10. The van der Waals surface area contributed by atoms with Crippen LogP contribution in [0.15, 0.2) is 42.5 Å². The number of methoxy groups -OCH3 is 2. The average molecular weight is 347 g/mol. The van der Waals surface area contributed by atoms with Crippen molar-refractivity contribution < 1.29 is 28.2 Å². The topological polar surface area (TPSA) is 73.9 Å². The highest BCUT2D eigenvalue weighted by Gasteiger charge is 2.24. The lowest BCUT2D eigenvalue weighted by molar-refractivity contribution is -0.123. The number of halogens is 1. The number of nitrogens with one attached hydrogen (secondary N) is 1. The van der Waals surface area contributed by atoms with Crippen LogP contribution in [0.5, 0.6) is 11.5 Å². The van der Waals surface area contributed by atoms with Crippen molar-refractivity contribution in [1.82, 2.24) is 0 Å². The zero-order valence-electron chi connectivity index (χ0n) is 14.0. The van der Waals surface area contributed by atoms with Crippen LogP contribution >= 0.6 is 0 Å². The lowest BCUT2D eigenvalue weighted by Gasteiger charge is -2.16. The van der Waals surface area contributed by atoms with Crippen molar-refractivity contribution in [2.75, 3.05) is 19.5 Å². The summed E-state index contributed by atoms with van der Waals surface area (Å²) in [7, 11) is 2.83. The van der Waals surface area contributed by atoms with E-state index in [0.29, 0.717) is 5.69 Å². The second kappa shape index (κ2) is 8.14. The van der Waals surface area contributed by atoms with Gasteiger partial charge in [-0.15, -0.1) is 0 Å². The molecule has 7 heteroatoms. The van der Waals surface area contributed by atoms with Crippen molar-refractivity contribution in [3.05, 3.63) is 53.8 Å². The number of ether oxygens (including phenoxy) is 3. The van der Waals surface area contributed by atoms with Gasteiger partial charge in [0.05, 0.1) is 14.2 Å². The Morgan fingerprint density at radius 2 is 1.56 bits per heavy atom. The highest BCUT2D eigenvalue weighted by Crippen LogP contribution is 2.29. The molecule has 0 aliphatic heterocycles. The molecule has 0 aromatic heterocycles. The van der Waals surface area contributed by atoms with Crippen molar-refractivity contribution in [2.24, 2.45) is 0 Å². The largest absolute Gasteiger partial charge is 0.496 e. The highest BCUT2D eigenvalue weighted by atomic mass is 19.1. The predicted molar refractivity (Wildman–Crippen MR) is 89.5 cm³/mol. The van der Waals surface area contributed by atoms with Crippen LogP contribution in [0.2, 0.25) is 0 Å². The minimum absolute atomic E-state index is 0.0916. The summed E-state index contributed by atoms with van der Waals surface area (Å²) < 4.78 is 28.4. The van der Waals surface area contributed by atoms with Crippen molar-refractivity contribution in [3.8, 4) is 11.5 Å². The summed E-state index contributed by atoms with van der Waals surface area (Å²) in [6, 6.07) is 10.1. The molecule has 0 aliphatic rings. The van der Waals surface area contributed by atoms with Gasteiger partial charge in [-0.1, -0.05) is 6.07 Å². The molecule has 2 aromatic rings. The zero-order valence-corrected chi connectivity index (χ0v) is 14.0. The molecule has 1 atom stereocenters. The first kappa shape index (κ1) is 18.3. The van der Waals surface area contributed by atoms with Gasteiger partial charge in [0, 0.05) is 5.69 Å². The van der Waals surface area contributed by atoms with Crippen LogP contribution in [0, 0.1) is 5.82 Å². The standard InChI is InChI=1S/C18H18FNO5/c1-11(17(21)20-13-9-7-12(19)8-10-13)25-18(22)16-14(23-2)5-4-6-15(16)24-3/h4-11H,1-3H3,(H,20,21)/t11-/m1/s1. The third kappa shape index (κ3) is 4.47. The van der Waals surface area contributed by atoms with Gasteiger partial charge in [-0.25, -0.2) is 9.18 Å². The number of anilines is 1. The van der Waals surface area contributed by atoms with E-state index in [1.807, 2.05) is 0 Å². The smallest absolute Gasteiger partial charge is 0.346 e. The number of benzene rings is 2. The summed E-state index contributed by atoms with van der Waals surface area (Å²) in [6.07, 6.45) is -1.08. The molecular formula is C18H18FNO5. The van der Waals surface area contributed by atoms with E-state index < -0.39 is 23.8 Å². The van der Waals surface area contributed by atoms with E-state index in [4.69, 9.17) is 14.2 Å². The van der Waals surface area contributed by atoms with Gasteiger partial charge in [0.15, 0.2) is 6.10 Å². The first-order chi connectivity index (χ1) is 12.0. The van der Waals surface area contributed by atoms with Gasteiger partial charge in [0.2, 0.25) is 0 Å². The molecule has 0 spiro atoms. The Balaban J connectivity index is 2.09. The van der Waals surface area contributed by atoms with Crippen LogP contribution in [0.25, 0.3) is 0 Å². The molecule has 6 nitrogen and oxygen atoms in total. The summed E-state index contributed by atoms with van der Waals surface area (Å²) in [5, 5.41) is 2.54. The molecule has 0 radical (unpaired) electrons. The second-order valence-corrected chi connectivity index (χ2v) is 5.08. The molecule has 0 heterocycles. The molecule has 2 rings (SSSR count). The van der Waals surface area contributed by atoms with Crippen LogP contribution in [-0.2, 0) is 9.53 Å². The Kier molecular flexibility index (Phi) is 5.94. The normalized spacial score (nSPS) is 11.4. The Hall–Kier alpha value is -3.09. The van der Waals surface area contributed by atoms with Gasteiger partial charge in [0.25, 0.3) is 5.91 Å². The quantitative estimate of drug-likeness (QED) is 0.813. The molecule has 0 saturated carbocycles. The van der Waals surface area contributed by atoms with Crippen LogP contribution in [0.4, 0.5) is 10.1 Å². The van der Waals surface area contributed by atoms with Crippen LogP contribution in [0.3, 0.4) is 0 Å². The Bertz CT molecular complexity index is 738. The van der Waals surface area contributed by atoms with E-state index >= 15 is 0 Å². The average Bonchev–Trinajstić information content (AvgIpc) is 2.62. The first-order valence-electron chi connectivity index (χ1n) is 7.44. The van der Waals surface area contributed by atoms with Crippen molar-refractivity contribution >= 4 is 17.6 Å². The maximum absolute atomic E-state index is 12.9. The minimum atomic E-state index is -1.08. The van der Waals surface area contributed by atoms with Crippen LogP contribution in [-0.4, -0.2) is 32.2 Å². The third-order valence-electron chi connectivity index (χ3n) is 3.40. The van der Waals surface area contributed by atoms with E-state index in [1.54, 1.807) is 18.2 Å². The highest BCUT2D eigenvalue weighted by molar-refractivity contribution is 5.99. The maximum Gasteiger partial charge on any atom is 0.346 e. The fraction of sp³-hybridized carbons (Fsp3) is 0.222. The van der Waals surface area contributed by atoms with Crippen molar-refractivity contribution in [1.29, 1.82) is 0 Å². The molecular weight excluding hydrogens is 329 g/mol. The fourth-order valence-electron chi connectivity index (χ4n) is 2.10. The van der Waals surface area contributed by atoms with Crippen molar-refractivity contribution in [3.63, 3.8) is 0 Å². The molecule has 0 aliphatic carbocycles.